The van der Waals surface area contributed by atoms with Crippen molar-refractivity contribution in [2.45, 2.75) is 13.0 Å². The smallest absolute Gasteiger partial charge is 0.332 e. The zero-order valence-electron chi connectivity index (χ0n) is 9.31. The van der Waals surface area contributed by atoms with E-state index in [1.165, 1.54) is 0 Å². The van der Waals surface area contributed by atoms with Crippen LogP contribution in [0.2, 0.25) is 0 Å². The molecule has 16 heavy (non-hydrogen) atoms. The largest absolute Gasteiger partial charge is 0.375 e. The zero-order valence-corrected chi connectivity index (χ0v) is 9.31. The summed E-state index contributed by atoms with van der Waals surface area (Å²) in [6.45, 7) is 1.84. The number of methoxy groups -OCH3 is 1. The van der Waals surface area contributed by atoms with Crippen LogP contribution in [0.5, 0.6) is 0 Å². The predicted molar refractivity (Wildman–Crippen MR) is 62.2 cm³/mol. The molecule has 1 atom stereocenters. The number of primary amides is 1. The van der Waals surface area contributed by atoms with Crippen LogP contribution in [0.3, 0.4) is 0 Å². The van der Waals surface area contributed by atoms with E-state index in [0.717, 1.165) is 5.56 Å². The molecule has 0 fully saturated rings. The third-order valence-corrected chi connectivity index (χ3v) is 2.09. The number of nitrogens with two attached hydrogens (primary N) is 1. The van der Waals surface area contributed by atoms with Gasteiger partial charge in [0.15, 0.2) is 0 Å². The molecule has 86 valence electrons. The number of amides is 2. The number of nitrogens with zero attached hydrogens (tertiary/aromatic N) is 1. The number of hydrogen-bond acceptors (Lipinski definition) is 3. The Balaban J connectivity index is 2.96. The van der Waals surface area contributed by atoms with Gasteiger partial charge in [0.1, 0.15) is 0 Å². The monoisotopic (exact) mass is 221 g/mol. The van der Waals surface area contributed by atoms with Gasteiger partial charge in [0.05, 0.1) is 11.8 Å². The normalized spacial score (nSPS) is 13.2. The fourth-order valence-corrected chi connectivity index (χ4v) is 1.23. The number of urea groups is 1. The molecular weight excluding hydrogens is 206 g/mol. The topological polar surface area (TPSA) is 76.7 Å². The van der Waals surface area contributed by atoms with Crippen LogP contribution in [0, 0.1) is 0 Å². The van der Waals surface area contributed by atoms with E-state index < -0.39 is 6.03 Å². The van der Waals surface area contributed by atoms with Gasteiger partial charge in [0.2, 0.25) is 0 Å². The zero-order chi connectivity index (χ0) is 12.0. The number of nitrogens with one attached hydrogen (secondary N) is 1. The van der Waals surface area contributed by atoms with Gasteiger partial charge in [-0.3, -0.25) is 0 Å². The van der Waals surface area contributed by atoms with Crippen LogP contribution in [0.15, 0.2) is 35.4 Å². The van der Waals surface area contributed by atoms with Gasteiger partial charge in [-0.05, 0) is 6.92 Å². The van der Waals surface area contributed by atoms with Crippen molar-refractivity contribution in [1.29, 1.82) is 0 Å². The molecule has 0 aliphatic rings. The van der Waals surface area contributed by atoms with Crippen LogP contribution in [-0.4, -0.2) is 25.0 Å². The van der Waals surface area contributed by atoms with Gasteiger partial charge < -0.3 is 10.5 Å². The molecule has 1 aromatic carbocycles. The summed E-state index contributed by atoms with van der Waals surface area (Å²) in [4.78, 5) is 10.6. The summed E-state index contributed by atoms with van der Waals surface area (Å²) in [7, 11) is 1.58. The molecule has 0 aliphatic carbocycles. The lowest BCUT2D eigenvalue weighted by molar-refractivity contribution is 0.170. The maximum atomic E-state index is 10.6. The first kappa shape index (κ1) is 12.2. The third kappa shape index (κ3) is 3.36. The van der Waals surface area contributed by atoms with E-state index in [4.69, 9.17) is 10.5 Å². The van der Waals surface area contributed by atoms with Gasteiger partial charge in [0.25, 0.3) is 0 Å². The Hall–Kier alpha value is -1.88. The van der Waals surface area contributed by atoms with Gasteiger partial charge in [-0.1, -0.05) is 30.3 Å². The number of hydrogen-bond donors (Lipinski definition) is 2. The first-order chi connectivity index (χ1) is 7.65. The lowest BCUT2D eigenvalue weighted by Crippen LogP contribution is -2.29. The maximum Gasteiger partial charge on any atom is 0.332 e. The highest BCUT2D eigenvalue weighted by atomic mass is 16.5. The Morgan fingerprint density at radius 3 is 2.56 bits per heavy atom. The van der Waals surface area contributed by atoms with Crippen molar-refractivity contribution in [2.24, 2.45) is 10.8 Å². The second kappa shape index (κ2) is 5.87. The number of carbonyl (C=O) groups is 1. The van der Waals surface area contributed by atoms with Crippen molar-refractivity contribution in [3.63, 3.8) is 0 Å². The highest BCUT2D eigenvalue weighted by Gasteiger charge is 2.12. The molecule has 1 unspecified atom stereocenters. The molecule has 0 saturated carbocycles. The number of carbonyl (C=O) groups excluding carboxylic acids is 1. The second-order valence-corrected chi connectivity index (χ2v) is 3.22. The summed E-state index contributed by atoms with van der Waals surface area (Å²) >= 11 is 0. The van der Waals surface area contributed by atoms with Crippen molar-refractivity contribution in [1.82, 2.24) is 5.43 Å². The molecule has 2 amide bonds. The minimum absolute atomic E-state index is 0.228. The molecule has 0 aliphatic heterocycles. The number of hydrazone groups is 1. The molecule has 1 aromatic rings. The van der Waals surface area contributed by atoms with E-state index in [0.29, 0.717) is 5.71 Å². The highest BCUT2D eigenvalue weighted by molar-refractivity contribution is 6.03. The van der Waals surface area contributed by atoms with Crippen molar-refractivity contribution >= 4 is 11.7 Å². The molecule has 0 radical (unpaired) electrons. The van der Waals surface area contributed by atoms with E-state index >= 15 is 0 Å². The van der Waals surface area contributed by atoms with Gasteiger partial charge in [-0.15, -0.1) is 0 Å². The second-order valence-electron chi connectivity index (χ2n) is 3.22. The number of rotatable bonds is 4. The molecule has 0 saturated heterocycles. The third-order valence-electron chi connectivity index (χ3n) is 2.09. The number of ether oxygens (including phenoxy) is 1. The van der Waals surface area contributed by atoms with Crippen LogP contribution >= 0.6 is 0 Å². The average molecular weight is 221 g/mol. The van der Waals surface area contributed by atoms with E-state index in [-0.39, 0.29) is 6.10 Å². The minimum atomic E-state index is -0.697. The van der Waals surface area contributed by atoms with E-state index in [2.05, 4.69) is 10.5 Å². The highest BCUT2D eigenvalue weighted by Crippen LogP contribution is 2.06. The molecule has 5 heteroatoms. The first-order valence-corrected chi connectivity index (χ1v) is 4.86. The van der Waals surface area contributed by atoms with E-state index in [1.807, 2.05) is 37.3 Å². The van der Waals surface area contributed by atoms with E-state index in [1.54, 1.807) is 7.11 Å². The van der Waals surface area contributed by atoms with Gasteiger partial charge in [-0.2, -0.15) is 5.10 Å². The fourth-order valence-electron chi connectivity index (χ4n) is 1.23. The molecule has 1 rings (SSSR count). The Morgan fingerprint density at radius 1 is 1.44 bits per heavy atom. The molecule has 0 bridgehead atoms. The van der Waals surface area contributed by atoms with Crippen LogP contribution < -0.4 is 11.2 Å². The summed E-state index contributed by atoms with van der Waals surface area (Å²) < 4.78 is 5.18. The maximum absolute atomic E-state index is 10.6. The Morgan fingerprint density at radius 2 is 2.06 bits per heavy atom. The number of benzene rings is 1. The van der Waals surface area contributed by atoms with Crippen molar-refractivity contribution in [3.8, 4) is 0 Å². The summed E-state index contributed by atoms with van der Waals surface area (Å²) in [5.41, 5.74) is 8.68. The van der Waals surface area contributed by atoms with Crippen LogP contribution in [0.4, 0.5) is 4.79 Å². The van der Waals surface area contributed by atoms with Crippen LogP contribution in [-0.2, 0) is 4.74 Å². The predicted octanol–water partition coefficient (Wildman–Crippen LogP) is 1.09. The first-order valence-electron chi connectivity index (χ1n) is 4.86. The molecule has 0 aromatic heterocycles. The van der Waals surface area contributed by atoms with Crippen LogP contribution in [0.1, 0.15) is 12.5 Å². The molecule has 0 heterocycles. The van der Waals surface area contributed by atoms with Crippen molar-refractivity contribution in [3.05, 3.63) is 35.9 Å². The SMILES string of the molecule is COC(C)/C(=N/NC(N)=O)c1ccccc1. The summed E-state index contributed by atoms with van der Waals surface area (Å²) in [6, 6.07) is 8.75. The van der Waals surface area contributed by atoms with Crippen LogP contribution in [0.25, 0.3) is 0 Å². The fraction of sp³-hybridized carbons (Fsp3) is 0.273. The van der Waals surface area contributed by atoms with E-state index in [9.17, 15) is 4.79 Å². The summed E-state index contributed by atoms with van der Waals surface area (Å²) in [6.07, 6.45) is -0.228. The van der Waals surface area contributed by atoms with Gasteiger partial charge in [0, 0.05) is 12.7 Å². The summed E-state index contributed by atoms with van der Waals surface area (Å²) in [5.74, 6) is 0. The lowest BCUT2D eigenvalue weighted by atomic mass is 10.1. The molecule has 5 nitrogen and oxygen atoms in total. The average Bonchev–Trinajstić information content (AvgIpc) is 2.30. The Labute approximate surface area is 94.3 Å². The van der Waals surface area contributed by atoms with Crippen molar-refractivity contribution < 1.29 is 9.53 Å². The van der Waals surface area contributed by atoms with Gasteiger partial charge >= 0.3 is 6.03 Å². The Kier molecular flexibility index (Phi) is 4.47. The standard InChI is InChI=1S/C11H15N3O2/c1-8(16-2)10(13-14-11(12)15)9-6-4-3-5-7-9/h3-8H,1-2H3,(H3,12,14,15)/b13-10-. The lowest BCUT2D eigenvalue weighted by Gasteiger charge is -2.13. The molecule has 3 N–H and O–H groups in total. The van der Waals surface area contributed by atoms with Crippen molar-refractivity contribution in [2.75, 3.05) is 7.11 Å². The minimum Gasteiger partial charge on any atom is -0.375 e. The molecule has 0 spiro atoms. The Bertz CT molecular complexity index is 376. The summed E-state index contributed by atoms with van der Waals surface area (Å²) in [5, 5.41) is 3.93. The molecular formula is C11H15N3O2. The van der Waals surface area contributed by atoms with Gasteiger partial charge in [-0.25, -0.2) is 10.2 Å². The quantitative estimate of drug-likeness (QED) is 0.590.